The van der Waals surface area contributed by atoms with Crippen LogP contribution in [0.3, 0.4) is 0 Å². The van der Waals surface area contributed by atoms with Gasteiger partial charge < -0.3 is 10.8 Å². The van der Waals surface area contributed by atoms with Gasteiger partial charge in [-0.2, -0.15) is 0 Å². The molecule has 3 N–H and O–H groups in total. The third-order valence-electron chi connectivity index (χ3n) is 3.77. The van der Waals surface area contributed by atoms with Gasteiger partial charge in [-0.15, -0.1) is 0 Å². The van der Waals surface area contributed by atoms with Gasteiger partial charge in [0.25, 0.3) is 0 Å². The fourth-order valence-electron chi connectivity index (χ4n) is 2.48. The van der Waals surface area contributed by atoms with E-state index in [1.807, 2.05) is 48.5 Å². The summed E-state index contributed by atoms with van der Waals surface area (Å²) in [6, 6.07) is 20.1. The number of hydrogen-bond donors (Lipinski definition) is 2. The molecule has 0 aliphatic heterocycles. The first-order valence-electron chi connectivity index (χ1n) is 7.19. The van der Waals surface area contributed by atoms with E-state index in [0.717, 1.165) is 0 Å². The molecule has 0 fully saturated rings. The Labute approximate surface area is 121 Å². The van der Waals surface area contributed by atoms with Crippen LogP contribution in [-0.2, 0) is 6.42 Å². The quantitative estimate of drug-likeness (QED) is 0.846. The summed E-state index contributed by atoms with van der Waals surface area (Å²) in [5, 5.41) is 10.3. The Kier molecular flexibility index (Phi) is 5.33. The van der Waals surface area contributed by atoms with Gasteiger partial charge in [0, 0.05) is 6.04 Å². The Hall–Kier alpha value is -1.64. The van der Waals surface area contributed by atoms with E-state index in [1.165, 1.54) is 11.1 Å². The molecular weight excluding hydrogens is 246 g/mol. The van der Waals surface area contributed by atoms with Crippen molar-refractivity contribution in [3.05, 3.63) is 71.8 Å². The molecule has 2 aromatic rings. The van der Waals surface area contributed by atoms with Crippen LogP contribution >= 0.6 is 0 Å². The number of benzene rings is 2. The summed E-state index contributed by atoms with van der Waals surface area (Å²) in [5.41, 5.74) is 8.55. The van der Waals surface area contributed by atoms with Crippen LogP contribution in [0.4, 0.5) is 0 Å². The molecule has 0 bridgehead atoms. The molecule has 0 aliphatic carbocycles. The second-order valence-corrected chi connectivity index (χ2v) is 5.47. The summed E-state index contributed by atoms with van der Waals surface area (Å²) in [6.45, 7) is 2.13. The molecule has 0 radical (unpaired) electrons. The van der Waals surface area contributed by atoms with Crippen molar-refractivity contribution >= 4 is 0 Å². The maximum atomic E-state index is 10.3. The van der Waals surface area contributed by atoms with Gasteiger partial charge in [-0.05, 0) is 29.9 Å². The van der Waals surface area contributed by atoms with Crippen LogP contribution in [0.2, 0.25) is 0 Å². The summed E-state index contributed by atoms with van der Waals surface area (Å²) < 4.78 is 0. The van der Waals surface area contributed by atoms with Gasteiger partial charge in [0.2, 0.25) is 0 Å². The standard InChI is InChI=1S/C18H23NO/c1-14(16-10-6-3-7-11-16)12-18(20)17(19)13-15-8-4-2-5-9-15/h2-11,14,17-18,20H,12-13,19H2,1H3. The fraction of sp³-hybridized carbons (Fsp3) is 0.333. The minimum atomic E-state index is -0.481. The molecule has 20 heavy (non-hydrogen) atoms. The molecule has 0 saturated carbocycles. The van der Waals surface area contributed by atoms with E-state index >= 15 is 0 Å². The average Bonchev–Trinajstić information content (AvgIpc) is 2.49. The molecule has 2 rings (SSSR count). The van der Waals surface area contributed by atoms with E-state index in [9.17, 15) is 5.11 Å². The third-order valence-corrected chi connectivity index (χ3v) is 3.77. The van der Waals surface area contributed by atoms with Crippen molar-refractivity contribution in [1.82, 2.24) is 0 Å². The molecule has 0 heterocycles. The summed E-state index contributed by atoms with van der Waals surface area (Å²) in [5.74, 6) is 0.313. The first-order chi connectivity index (χ1) is 9.66. The lowest BCUT2D eigenvalue weighted by molar-refractivity contribution is 0.128. The van der Waals surface area contributed by atoms with Crippen molar-refractivity contribution in [1.29, 1.82) is 0 Å². The molecule has 3 atom stereocenters. The van der Waals surface area contributed by atoms with E-state index in [2.05, 4.69) is 19.1 Å². The van der Waals surface area contributed by atoms with Gasteiger partial charge in [0.1, 0.15) is 0 Å². The highest BCUT2D eigenvalue weighted by Gasteiger charge is 2.18. The maximum absolute atomic E-state index is 10.3. The number of aliphatic hydroxyl groups is 1. The number of rotatable bonds is 6. The van der Waals surface area contributed by atoms with Crippen LogP contribution in [-0.4, -0.2) is 17.3 Å². The van der Waals surface area contributed by atoms with Crippen LogP contribution in [0.25, 0.3) is 0 Å². The van der Waals surface area contributed by atoms with E-state index in [4.69, 9.17) is 5.73 Å². The lowest BCUT2D eigenvalue weighted by Crippen LogP contribution is -2.37. The summed E-state index contributed by atoms with van der Waals surface area (Å²) in [4.78, 5) is 0. The van der Waals surface area contributed by atoms with E-state index in [0.29, 0.717) is 18.8 Å². The predicted molar refractivity (Wildman–Crippen MR) is 83.6 cm³/mol. The van der Waals surface area contributed by atoms with Gasteiger partial charge in [-0.25, -0.2) is 0 Å². The van der Waals surface area contributed by atoms with Gasteiger partial charge in [0.15, 0.2) is 0 Å². The molecule has 0 spiro atoms. The molecule has 3 unspecified atom stereocenters. The second kappa shape index (κ2) is 7.22. The zero-order chi connectivity index (χ0) is 14.4. The van der Waals surface area contributed by atoms with Crippen LogP contribution in [0.5, 0.6) is 0 Å². The molecule has 2 aromatic carbocycles. The Morgan fingerprint density at radius 3 is 2.10 bits per heavy atom. The minimum absolute atomic E-state index is 0.219. The zero-order valence-corrected chi connectivity index (χ0v) is 11.9. The summed E-state index contributed by atoms with van der Waals surface area (Å²) in [7, 11) is 0. The van der Waals surface area contributed by atoms with Crippen LogP contribution < -0.4 is 5.73 Å². The normalized spacial score (nSPS) is 15.6. The molecule has 0 aromatic heterocycles. The summed E-state index contributed by atoms with van der Waals surface area (Å²) in [6.07, 6.45) is 0.923. The minimum Gasteiger partial charge on any atom is -0.391 e. The van der Waals surface area contributed by atoms with Crippen LogP contribution in [0.15, 0.2) is 60.7 Å². The van der Waals surface area contributed by atoms with Gasteiger partial charge in [-0.1, -0.05) is 67.6 Å². The van der Waals surface area contributed by atoms with Gasteiger partial charge >= 0.3 is 0 Å². The Balaban J connectivity index is 1.89. The molecule has 0 aliphatic rings. The van der Waals surface area contributed by atoms with Crippen molar-refractivity contribution in [3.63, 3.8) is 0 Å². The first-order valence-corrected chi connectivity index (χ1v) is 7.19. The van der Waals surface area contributed by atoms with E-state index in [-0.39, 0.29) is 6.04 Å². The largest absolute Gasteiger partial charge is 0.391 e. The fourth-order valence-corrected chi connectivity index (χ4v) is 2.48. The molecular formula is C18H23NO. The highest BCUT2D eigenvalue weighted by molar-refractivity contribution is 5.19. The Bertz CT molecular complexity index is 497. The molecule has 2 heteroatoms. The predicted octanol–water partition coefficient (Wildman–Crippen LogP) is 3.11. The second-order valence-electron chi connectivity index (χ2n) is 5.47. The molecule has 2 nitrogen and oxygen atoms in total. The van der Waals surface area contributed by atoms with Crippen molar-refractivity contribution in [2.24, 2.45) is 5.73 Å². The van der Waals surface area contributed by atoms with E-state index in [1.54, 1.807) is 0 Å². The molecule has 106 valence electrons. The van der Waals surface area contributed by atoms with Crippen molar-refractivity contribution in [2.75, 3.05) is 0 Å². The van der Waals surface area contributed by atoms with E-state index < -0.39 is 6.10 Å². The third kappa shape index (κ3) is 4.19. The lowest BCUT2D eigenvalue weighted by atomic mass is 9.90. The Morgan fingerprint density at radius 1 is 0.950 bits per heavy atom. The highest BCUT2D eigenvalue weighted by atomic mass is 16.3. The smallest absolute Gasteiger partial charge is 0.0700 e. The maximum Gasteiger partial charge on any atom is 0.0700 e. The average molecular weight is 269 g/mol. The number of nitrogens with two attached hydrogens (primary N) is 1. The van der Waals surface area contributed by atoms with Gasteiger partial charge in [-0.3, -0.25) is 0 Å². The monoisotopic (exact) mass is 269 g/mol. The molecule has 0 amide bonds. The molecule has 0 saturated heterocycles. The lowest BCUT2D eigenvalue weighted by Gasteiger charge is -2.22. The highest BCUT2D eigenvalue weighted by Crippen LogP contribution is 2.21. The Morgan fingerprint density at radius 2 is 1.50 bits per heavy atom. The van der Waals surface area contributed by atoms with Crippen molar-refractivity contribution < 1.29 is 5.11 Å². The number of hydrogen-bond acceptors (Lipinski definition) is 2. The van der Waals surface area contributed by atoms with Crippen molar-refractivity contribution in [2.45, 2.75) is 37.8 Å². The SMILES string of the molecule is CC(CC(O)C(N)Cc1ccccc1)c1ccccc1. The van der Waals surface area contributed by atoms with Crippen molar-refractivity contribution in [3.8, 4) is 0 Å². The summed E-state index contributed by atoms with van der Waals surface area (Å²) >= 11 is 0. The van der Waals surface area contributed by atoms with Crippen LogP contribution in [0.1, 0.15) is 30.4 Å². The van der Waals surface area contributed by atoms with Crippen LogP contribution in [0, 0.1) is 0 Å². The van der Waals surface area contributed by atoms with Gasteiger partial charge in [0.05, 0.1) is 6.10 Å². The number of aliphatic hydroxyl groups excluding tert-OH is 1. The topological polar surface area (TPSA) is 46.2 Å². The first kappa shape index (κ1) is 14.8. The zero-order valence-electron chi connectivity index (χ0n) is 11.9.